The van der Waals surface area contributed by atoms with Gasteiger partial charge in [0.15, 0.2) is 0 Å². The number of alkyl halides is 4. The Kier molecular flexibility index (Phi) is 2.19. The molecule has 7 heteroatoms. The molecule has 0 radical (unpaired) electrons. The largest absolute Gasteiger partial charge is 0.441 e. The normalized spacial score (nSPS) is 19.2. The Morgan fingerprint density at radius 2 is 1.30 bits per heavy atom. The molecule has 0 aliphatic carbocycles. The molecule has 0 aromatic carbocycles. The summed E-state index contributed by atoms with van der Waals surface area (Å²) >= 11 is 0. The first-order valence-corrected chi connectivity index (χ1v) is 2.07. The Morgan fingerprint density at radius 3 is 1.30 bits per heavy atom. The highest BCUT2D eigenvalue weighted by atomic mass is 19.4. The molecule has 1 nitrogen and oxygen atoms in total. The van der Waals surface area contributed by atoms with E-state index in [1.807, 2.05) is 0 Å². The third-order valence-corrected chi connectivity index (χ3v) is 0.835. The van der Waals surface area contributed by atoms with Crippen LogP contribution < -0.4 is 0 Å². The van der Waals surface area contributed by atoms with Crippen LogP contribution in [-0.4, -0.2) is 17.3 Å². The standard InChI is InChI=1S/C3H3F6N/c1-2(4,10(8)9)3(5,6)7/h1H3. The van der Waals surface area contributed by atoms with Gasteiger partial charge >= 0.3 is 12.0 Å². The molecule has 0 saturated carbocycles. The van der Waals surface area contributed by atoms with Crippen LogP contribution in [0.1, 0.15) is 6.92 Å². The van der Waals surface area contributed by atoms with Crippen LogP contribution in [0.3, 0.4) is 0 Å². The van der Waals surface area contributed by atoms with Gasteiger partial charge in [-0.15, -0.1) is 0 Å². The van der Waals surface area contributed by atoms with Gasteiger partial charge in [0.05, 0.1) is 5.34 Å². The van der Waals surface area contributed by atoms with Crippen LogP contribution in [0, 0.1) is 0 Å². The Bertz CT molecular complexity index is 115. The number of hydrogen-bond donors (Lipinski definition) is 0. The van der Waals surface area contributed by atoms with Gasteiger partial charge in [-0.05, 0) is 6.92 Å². The Hall–Kier alpha value is -0.460. The predicted octanol–water partition coefficient (Wildman–Crippen LogP) is 2.31. The van der Waals surface area contributed by atoms with E-state index in [0.717, 1.165) is 0 Å². The zero-order valence-electron chi connectivity index (χ0n) is 4.72. The van der Waals surface area contributed by atoms with Gasteiger partial charge in [0, 0.05) is 0 Å². The lowest BCUT2D eigenvalue weighted by Crippen LogP contribution is -2.46. The van der Waals surface area contributed by atoms with Crippen LogP contribution in [0.25, 0.3) is 0 Å². The van der Waals surface area contributed by atoms with E-state index in [1.54, 1.807) is 0 Å². The second kappa shape index (κ2) is 2.30. The maximum atomic E-state index is 11.8. The fourth-order valence-corrected chi connectivity index (χ4v) is 0.0958. The quantitative estimate of drug-likeness (QED) is 0.329. The summed E-state index contributed by atoms with van der Waals surface area (Å²) in [5, 5.41) is -2.52. The minimum Gasteiger partial charge on any atom is -0.211 e. The molecule has 0 aliphatic rings. The van der Waals surface area contributed by atoms with Crippen LogP contribution in [0.15, 0.2) is 0 Å². The van der Waals surface area contributed by atoms with E-state index in [-0.39, 0.29) is 6.92 Å². The molecule has 0 bridgehead atoms. The van der Waals surface area contributed by atoms with Crippen LogP contribution in [0.2, 0.25) is 0 Å². The van der Waals surface area contributed by atoms with Crippen molar-refractivity contribution < 1.29 is 26.5 Å². The summed E-state index contributed by atoms with van der Waals surface area (Å²) in [4.78, 5) is 0. The lowest BCUT2D eigenvalue weighted by molar-refractivity contribution is -0.373. The van der Waals surface area contributed by atoms with Crippen molar-refractivity contribution in [1.29, 1.82) is 0 Å². The molecular weight excluding hydrogens is 164 g/mol. The van der Waals surface area contributed by atoms with Crippen LogP contribution in [0.4, 0.5) is 26.5 Å². The number of rotatable bonds is 1. The molecular formula is C3H3F6N. The number of halogens is 6. The summed E-state index contributed by atoms with van der Waals surface area (Å²) in [7, 11) is 0. The first-order chi connectivity index (χ1) is 4.19. The van der Waals surface area contributed by atoms with Crippen LogP contribution >= 0.6 is 0 Å². The molecule has 0 saturated heterocycles. The zero-order valence-corrected chi connectivity index (χ0v) is 4.72. The minimum absolute atomic E-state index is 0.271. The molecule has 0 amide bonds. The average molecular weight is 167 g/mol. The highest BCUT2D eigenvalue weighted by Gasteiger charge is 2.58. The Morgan fingerprint density at radius 1 is 1.00 bits per heavy atom. The van der Waals surface area contributed by atoms with Crippen molar-refractivity contribution in [3.63, 3.8) is 0 Å². The van der Waals surface area contributed by atoms with Gasteiger partial charge < -0.3 is 0 Å². The first-order valence-electron chi connectivity index (χ1n) is 2.07. The summed E-state index contributed by atoms with van der Waals surface area (Å²) in [6, 6.07) is 0. The fourth-order valence-electron chi connectivity index (χ4n) is 0.0958. The number of nitrogens with zero attached hydrogens (tertiary/aromatic N) is 1. The topological polar surface area (TPSA) is 3.24 Å². The van der Waals surface area contributed by atoms with Crippen LogP contribution in [-0.2, 0) is 0 Å². The smallest absolute Gasteiger partial charge is 0.211 e. The zero-order chi connectivity index (χ0) is 8.58. The third kappa shape index (κ3) is 1.53. The monoisotopic (exact) mass is 167 g/mol. The summed E-state index contributed by atoms with van der Waals surface area (Å²) in [5.74, 6) is -4.56. The molecule has 0 rings (SSSR count). The maximum Gasteiger partial charge on any atom is 0.441 e. The van der Waals surface area contributed by atoms with E-state index in [0.29, 0.717) is 0 Å². The number of hydrogen-bond acceptors (Lipinski definition) is 1. The second-order valence-electron chi connectivity index (χ2n) is 1.68. The first kappa shape index (κ1) is 9.54. The molecule has 1 atom stereocenters. The van der Waals surface area contributed by atoms with Gasteiger partial charge in [0.25, 0.3) is 0 Å². The SMILES string of the molecule is CC(F)(N(F)F)C(F)(F)F. The van der Waals surface area contributed by atoms with Gasteiger partial charge in [-0.3, -0.25) is 0 Å². The van der Waals surface area contributed by atoms with E-state index < -0.39 is 17.3 Å². The van der Waals surface area contributed by atoms with E-state index in [4.69, 9.17) is 0 Å². The molecule has 0 N–H and O–H groups in total. The minimum atomic E-state index is -5.57. The van der Waals surface area contributed by atoms with E-state index >= 15 is 0 Å². The van der Waals surface area contributed by atoms with E-state index in [2.05, 4.69) is 0 Å². The van der Waals surface area contributed by atoms with E-state index in [1.165, 1.54) is 0 Å². The van der Waals surface area contributed by atoms with Crippen molar-refractivity contribution in [2.45, 2.75) is 18.9 Å². The summed E-state index contributed by atoms with van der Waals surface area (Å²) < 4.78 is 67.4. The third-order valence-electron chi connectivity index (χ3n) is 0.835. The molecule has 10 heavy (non-hydrogen) atoms. The van der Waals surface area contributed by atoms with Gasteiger partial charge in [-0.1, -0.05) is 8.96 Å². The Balaban J connectivity index is 4.40. The molecule has 1 unspecified atom stereocenters. The highest BCUT2D eigenvalue weighted by molar-refractivity contribution is 4.74. The van der Waals surface area contributed by atoms with Gasteiger partial charge in [0.1, 0.15) is 0 Å². The Labute approximate surface area is 52.1 Å². The predicted molar refractivity (Wildman–Crippen MR) is 19.6 cm³/mol. The summed E-state index contributed by atoms with van der Waals surface area (Å²) in [6.07, 6.45) is -5.57. The van der Waals surface area contributed by atoms with Crippen molar-refractivity contribution in [1.82, 2.24) is 5.34 Å². The molecule has 0 aromatic heterocycles. The lowest BCUT2D eigenvalue weighted by Gasteiger charge is -2.22. The molecule has 0 aromatic rings. The van der Waals surface area contributed by atoms with Gasteiger partial charge in [0.2, 0.25) is 0 Å². The van der Waals surface area contributed by atoms with Crippen LogP contribution in [0.5, 0.6) is 0 Å². The molecule has 62 valence electrons. The molecule has 0 fully saturated rings. The highest BCUT2D eigenvalue weighted by Crippen LogP contribution is 2.36. The molecule has 0 aliphatic heterocycles. The van der Waals surface area contributed by atoms with Gasteiger partial charge in [-0.2, -0.15) is 13.2 Å². The van der Waals surface area contributed by atoms with Gasteiger partial charge in [-0.25, -0.2) is 4.39 Å². The average Bonchev–Trinajstić information content (AvgIpc) is 1.62. The fraction of sp³-hybridized carbons (Fsp3) is 1.00. The van der Waals surface area contributed by atoms with Crippen molar-refractivity contribution in [3.8, 4) is 0 Å². The van der Waals surface area contributed by atoms with Crippen molar-refractivity contribution in [2.75, 3.05) is 0 Å². The lowest BCUT2D eigenvalue weighted by atomic mass is 10.3. The summed E-state index contributed by atoms with van der Waals surface area (Å²) in [5.41, 5.74) is 0. The van der Waals surface area contributed by atoms with Crippen molar-refractivity contribution in [3.05, 3.63) is 0 Å². The molecule has 0 spiro atoms. The maximum absolute atomic E-state index is 11.8. The molecule has 0 heterocycles. The second-order valence-corrected chi connectivity index (χ2v) is 1.68. The van der Waals surface area contributed by atoms with E-state index in [9.17, 15) is 26.5 Å². The van der Waals surface area contributed by atoms with Crippen molar-refractivity contribution >= 4 is 0 Å². The summed E-state index contributed by atoms with van der Waals surface area (Å²) in [6.45, 7) is -0.271. The van der Waals surface area contributed by atoms with Crippen molar-refractivity contribution in [2.24, 2.45) is 0 Å².